The number of nitrogens with one attached hydrogen (secondary N) is 2. The van der Waals surface area contributed by atoms with Crippen molar-refractivity contribution in [3.63, 3.8) is 0 Å². The Morgan fingerprint density at radius 2 is 1.96 bits per heavy atom. The highest BCUT2D eigenvalue weighted by Gasteiger charge is 2.20. The molecule has 0 aliphatic carbocycles. The lowest BCUT2D eigenvalue weighted by atomic mass is 9.90. The topological polar surface area (TPSA) is 79.8 Å². The van der Waals surface area contributed by atoms with E-state index >= 15 is 0 Å². The molecule has 0 bridgehead atoms. The zero-order valence-electron chi connectivity index (χ0n) is 17.6. The Bertz CT molecular complexity index is 728. The lowest BCUT2D eigenvalue weighted by Gasteiger charge is -2.22. The zero-order valence-corrected chi connectivity index (χ0v) is 18.4. The van der Waals surface area contributed by atoms with Crippen LogP contribution in [0, 0.1) is 12.3 Å². The fourth-order valence-electron chi connectivity index (χ4n) is 2.59. The second kappa shape index (κ2) is 10.5. The average molecular weight is 398 g/mol. The monoisotopic (exact) mass is 397 g/mol. The van der Waals surface area contributed by atoms with Gasteiger partial charge in [-0.3, -0.25) is 4.99 Å². The predicted molar refractivity (Wildman–Crippen MR) is 114 cm³/mol. The third-order valence-corrected chi connectivity index (χ3v) is 5.23. The number of rotatable bonds is 10. The second-order valence-electron chi connectivity index (χ2n) is 7.73. The van der Waals surface area contributed by atoms with Crippen LogP contribution in [0.2, 0.25) is 0 Å². The summed E-state index contributed by atoms with van der Waals surface area (Å²) in [4.78, 5) is 4.65. The Hall–Kier alpha value is -1.76. The number of hydrogen-bond donors (Lipinski definition) is 2. The number of aliphatic imine (C=N–C) groups is 1. The fraction of sp³-hybridized carbons (Fsp3) is 0.650. The molecule has 154 valence electrons. The van der Waals surface area contributed by atoms with Gasteiger partial charge < -0.3 is 15.4 Å². The molecule has 0 heterocycles. The van der Waals surface area contributed by atoms with Gasteiger partial charge in [0.2, 0.25) is 0 Å². The smallest absolute Gasteiger partial charge is 0.191 e. The van der Waals surface area contributed by atoms with Crippen molar-refractivity contribution >= 4 is 15.8 Å². The van der Waals surface area contributed by atoms with E-state index in [1.54, 1.807) is 7.11 Å². The van der Waals surface area contributed by atoms with Crippen molar-refractivity contribution < 1.29 is 13.2 Å². The predicted octanol–water partition coefficient (Wildman–Crippen LogP) is 2.56. The van der Waals surface area contributed by atoms with Crippen LogP contribution in [0.5, 0.6) is 5.75 Å². The average Bonchev–Trinajstić information content (AvgIpc) is 2.58. The molecule has 27 heavy (non-hydrogen) atoms. The summed E-state index contributed by atoms with van der Waals surface area (Å²) >= 11 is 0. The van der Waals surface area contributed by atoms with E-state index in [4.69, 9.17) is 4.74 Å². The molecule has 7 heteroatoms. The highest BCUT2D eigenvalue weighted by molar-refractivity contribution is 7.90. The largest absolute Gasteiger partial charge is 0.496 e. The van der Waals surface area contributed by atoms with Gasteiger partial charge in [0.15, 0.2) is 5.96 Å². The van der Waals surface area contributed by atoms with E-state index in [1.165, 1.54) is 11.8 Å². The molecule has 1 aromatic carbocycles. The molecular weight excluding hydrogens is 362 g/mol. The van der Waals surface area contributed by atoms with E-state index in [9.17, 15) is 8.42 Å². The summed E-state index contributed by atoms with van der Waals surface area (Å²) in [5, 5.41) is 6.59. The number of sulfone groups is 1. The zero-order chi connectivity index (χ0) is 20.5. The first-order valence-electron chi connectivity index (χ1n) is 9.40. The maximum Gasteiger partial charge on any atom is 0.191 e. The normalized spacial score (nSPS) is 12.7. The van der Waals surface area contributed by atoms with Gasteiger partial charge in [-0.15, -0.1) is 0 Å². The Morgan fingerprint density at radius 1 is 1.26 bits per heavy atom. The number of hydrogen-bond acceptors (Lipinski definition) is 4. The SMILES string of the molecule is CCNC(=NCC(C)(C)CCS(C)(=O)=O)NCCc1cc(C)ccc1OC. The van der Waals surface area contributed by atoms with Crippen LogP contribution in [0.3, 0.4) is 0 Å². The van der Waals surface area contributed by atoms with E-state index in [2.05, 4.69) is 28.6 Å². The summed E-state index contributed by atoms with van der Waals surface area (Å²) in [5.41, 5.74) is 2.19. The number of benzene rings is 1. The van der Waals surface area contributed by atoms with Crippen molar-refractivity contribution in [3.05, 3.63) is 29.3 Å². The minimum atomic E-state index is -2.95. The van der Waals surface area contributed by atoms with Crippen molar-refractivity contribution in [3.8, 4) is 5.75 Å². The molecule has 0 aliphatic heterocycles. The van der Waals surface area contributed by atoms with Crippen LogP contribution < -0.4 is 15.4 Å². The molecule has 0 amide bonds. The summed E-state index contributed by atoms with van der Waals surface area (Å²) in [5.74, 6) is 1.83. The van der Waals surface area contributed by atoms with Crippen LogP contribution in [0.15, 0.2) is 23.2 Å². The minimum absolute atomic E-state index is 0.175. The van der Waals surface area contributed by atoms with E-state index in [0.717, 1.165) is 36.8 Å². The maximum absolute atomic E-state index is 11.4. The molecule has 1 aromatic rings. The maximum atomic E-state index is 11.4. The van der Waals surface area contributed by atoms with Crippen LogP contribution >= 0.6 is 0 Å². The molecule has 0 fully saturated rings. The number of ether oxygens (including phenoxy) is 1. The van der Waals surface area contributed by atoms with Crippen LogP contribution in [-0.2, 0) is 16.3 Å². The molecule has 0 saturated carbocycles. The molecule has 2 N–H and O–H groups in total. The molecule has 0 spiro atoms. The van der Waals surface area contributed by atoms with Crippen molar-refractivity contribution in [1.29, 1.82) is 0 Å². The Kier molecular flexibility index (Phi) is 9.09. The molecule has 0 saturated heterocycles. The van der Waals surface area contributed by atoms with Gasteiger partial charge in [-0.25, -0.2) is 8.42 Å². The molecule has 0 atom stereocenters. The highest BCUT2D eigenvalue weighted by Crippen LogP contribution is 2.22. The second-order valence-corrected chi connectivity index (χ2v) is 9.99. The first-order chi connectivity index (χ1) is 12.6. The summed E-state index contributed by atoms with van der Waals surface area (Å²) in [6.07, 6.45) is 2.69. The van der Waals surface area contributed by atoms with Crippen molar-refractivity contribution in [2.24, 2.45) is 10.4 Å². The van der Waals surface area contributed by atoms with E-state index < -0.39 is 9.84 Å². The number of guanidine groups is 1. The van der Waals surface area contributed by atoms with Gasteiger partial charge in [0, 0.05) is 25.9 Å². The van der Waals surface area contributed by atoms with Gasteiger partial charge in [-0.1, -0.05) is 31.5 Å². The number of nitrogens with zero attached hydrogens (tertiary/aromatic N) is 1. The van der Waals surface area contributed by atoms with E-state index in [1.807, 2.05) is 32.9 Å². The molecular formula is C20H35N3O3S. The van der Waals surface area contributed by atoms with Crippen LogP contribution in [-0.4, -0.2) is 53.1 Å². The third-order valence-electron chi connectivity index (χ3n) is 4.28. The van der Waals surface area contributed by atoms with Gasteiger partial charge in [0.05, 0.1) is 12.9 Å². The first kappa shape index (κ1) is 23.3. The molecule has 0 radical (unpaired) electrons. The van der Waals surface area contributed by atoms with Gasteiger partial charge in [-0.05, 0) is 43.7 Å². The summed E-state index contributed by atoms with van der Waals surface area (Å²) in [6.45, 7) is 10.2. The quantitative estimate of drug-likeness (QED) is 0.468. The van der Waals surface area contributed by atoms with Crippen molar-refractivity contribution in [1.82, 2.24) is 10.6 Å². The van der Waals surface area contributed by atoms with Crippen LogP contribution in [0.1, 0.15) is 38.3 Å². The molecule has 0 aromatic heterocycles. The lowest BCUT2D eigenvalue weighted by molar-refractivity contribution is 0.365. The number of methoxy groups -OCH3 is 1. The Balaban J connectivity index is 2.65. The van der Waals surface area contributed by atoms with Crippen molar-refractivity contribution in [2.45, 2.75) is 40.5 Å². The Labute approximate surface area is 164 Å². The molecule has 0 aliphatic rings. The lowest BCUT2D eigenvalue weighted by Crippen LogP contribution is -2.39. The van der Waals surface area contributed by atoms with E-state index in [-0.39, 0.29) is 11.2 Å². The summed E-state index contributed by atoms with van der Waals surface area (Å²) in [7, 11) is -1.27. The van der Waals surface area contributed by atoms with Gasteiger partial charge >= 0.3 is 0 Å². The van der Waals surface area contributed by atoms with Gasteiger partial charge in [-0.2, -0.15) is 0 Å². The van der Waals surface area contributed by atoms with Gasteiger partial charge in [0.25, 0.3) is 0 Å². The highest BCUT2D eigenvalue weighted by atomic mass is 32.2. The summed E-state index contributed by atoms with van der Waals surface area (Å²) < 4.78 is 28.2. The van der Waals surface area contributed by atoms with E-state index in [0.29, 0.717) is 13.0 Å². The fourth-order valence-corrected chi connectivity index (χ4v) is 3.52. The van der Waals surface area contributed by atoms with Gasteiger partial charge in [0.1, 0.15) is 15.6 Å². The standard InChI is InChI=1S/C20H35N3O3S/c1-7-21-19(23-15-20(3,4)11-13-27(6,24)25)22-12-10-17-14-16(2)8-9-18(17)26-5/h8-9,14H,7,10-13,15H2,1-6H3,(H2,21,22,23). The molecule has 6 nitrogen and oxygen atoms in total. The Morgan fingerprint density at radius 3 is 2.56 bits per heavy atom. The first-order valence-corrected chi connectivity index (χ1v) is 11.5. The summed E-state index contributed by atoms with van der Waals surface area (Å²) in [6, 6.07) is 6.17. The number of aryl methyl sites for hydroxylation is 1. The third kappa shape index (κ3) is 9.65. The molecule has 1 rings (SSSR count). The minimum Gasteiger partial charge on any atom is -0.496 e. The van der Waals surface area contributed by atoms with Crippen molar-refractivity contribution in [2.75, 3.05) is 38.8 Å². The van der Waals surface area contributed by atoms with Crippen LogP contribution in [0.4, 0.5) is 0 Å². The van der Waals surface area contributed by atoms with Crippen LogP contribution in [0.25, 0.3) is 0 Å². The molecule has 0 unspecified atom stereocenters.